The van der Waals surface area contributed by atoms with Gasteiger partial charge in [0.15, 0.2) is 17.3 Å². The average molecular weight is 473 g/mol. The Morgan fingerprint density at radius 1 is 1.00 bits per heavy atom. The summed E-state index contributed by atoms with van der Waals surface area (Å²) in [5.74, 6) is 1.98. The molecule has 1 aliphatic heterocycles. The molecule has 2 aromatic heterocycles. The molecule has 2 aromatic carbocycles. The third-order valence-electron chi connectivity index (χ3n) is 5.73. The highest BCUT2D eigenvalue weighted by Gasteiger charge is 2.32. The van der Waals surface area contributed by atoms with Crippen LogP contribution < -0.4 is 9.47 Å². The first-order chi connectivity index (χ1) is 17.2. The van der Waals surface area contributed by atoms with Gasteiger partial charge in [-0.1, -0.05) is 29.4 Å². The van der Waals surface area contributed by atoms with Crippen molar-refractivity contribution < 1.29 is 23.9 Å². The molecule has 1 unspecified atom stereocenters. The molecule has 178 valence electrons. The van der Waals surface area contributed by atoms with E-state index in [0.29, 0.717) is 29.4 Å². The predicted octanol–water partition coefficient (Wildman–Crippen LogP) is 4.74. The smallest absolute Gasteiger partial charge is 0.167 e. The summed E-state index contributed by atoms with van der Waals surface area (Å²) in [6.07, 6.45) is 4.03. The average Bonchev–Trinajstić information content (AvgIpc) is 3.55. The number of hydrogen-bond donors (Lipinski definition) is 1. The lowest BCUT2D eigenvalue weighted by Gasteiger charge is -2.22. The van der Waals surface area contributed by atoms with Gasteiger partial charge in [0, 0.05) is 41.6 Å². The molecule has 3 heterocycles. The van der Waals surface area contributed by atoms with Crippen molar-refractivity contribution in [3.8, 4) is 28.6 Å². The van der Waals surface area contributed by atoms with E-state index in [1.807, 2.05) is 42.5 Å². The minimum atomic E-state index is -0.302. The Labute approximate surface area is 202 Å². The zero-order valence-corrected chi connectivity index (χ0v) is 19.3. The Kier molecular flexibility index (Phi) is 6.32. The van der Waals surface area contributed by atoms with Crippen molar-refractivity contribution in [2.45, 2.75) is 19.1 Å². The zero-order chi connectivity index (χ0) is 24.2. The third kappa shape index (κ3) is 4.67. The number of aromatic hydroxyl groups is 1. The van der Waals surface area contributed by atoms with Crippen molar-refractivity contribution in [2.24, 2.45) is 5.10 Å². The maximum Gasteiger partial charge on any atom is 0.167 e. The number of methoxy groups -OCH3 is 2. The Morgan fingerprint density at radius 3 is 2.63 bits per heavy atom. The van der Waals surface area contributed by atoms with Gasteiger partial charge in [-0.2, -0.15) is 10.3 Å². The number of rotatable bonds is 8. The van der Waals surface area contributed by atoms with Gasteiger partial charge in [-0.25, -0.2) is 4.84 Å². The van der Waals surface area contributed by atoms with E-state index in [-0.39, 0.29) is 18.4 Å². The van der Waals surface area contributed by atoms with Crippen LogP contribution in [0.2, 0.25) is 0 Å². The van der Waals surface area contributed by atoms with Crippen LogP contribution in [0.1, 0.15) is 29.3 Å². The second-order valence-electron chi connectivity index (χ2n) is 7.90. The zero-order valence-electron chi connectivity index (χ0n) is 19.3. The largest absolute Gasteiger partial charge is 0.508 e. The van der Waals surface area contributed by atoms with E-state index in [1.54, 1.807) is 44.8 Å². The molecule has 0 amide bonds. The fourth-order valence-electron chi connectivity index (χ4n) is 3.95. The van der Waals surface area contributed by atoms with E-state index >= 15 is 0 Å². The fourth-order valence-corrected chi connectivity index (χ4v) is 3.95. The molecule has 9 nitrogen and oxygen atoms in total. The molecule has 0 spiro atoms. The van der Waals surface area contributed by atoms with Crippen LogP contribution in [0.4, 0.5) is 0 Å². The van der Waals surface area contributed by atoms with Crippen LogP contribution in [0.5, 0.6) is 17.2 Å². The van der Waals surface area contributed by atoms with Crippen molar-refractivity contribution in [1.29, 1.82) is 0 Å². The fraction of sp³-hybridized carbons (Fsp3) is 0.192. The molecule has 0 bridgehead atoms. The number of nitrogens with zero attached hydrogens (tertiary/aromatic N) is 4. The van der Waals surface area contributed by atoms with Crippen LogP contribution in [0.3, 0.4) is 0 Å². The minimum absolute atomic E-state index is 0.130. The van der Waals surface area contributed by atoms with E-state index < -0.39 is 0 Å². The number of pyridine rings is 1. The van der Waals surface area contributed by atoms with Crippen LogP contribution in [0.15, 0.2) is 82.7 Å². The number of ether oxygens (including phenoxy) is 2. The van der Waals surface area contributed by atoms with Crippen molar-refractivity contribution in [1.82, 2.24) is 15.3 Å². The molecule has 0 saturated heterocycles. The molecule has 5 rings (SSSR count). The van der Waals surface area contributed by atoms with Gasteiger partial charge in [0.05, 0.1) is 19.9 Å². The van der Waals surface area contributed by atoms with Gasteiger partial charge in [-0.05, 0) is 30.3 Å². The van der Waals surface area contributed by atoms with Gasteiger partial charge in [-0.15, -0.1) is 0 Å². The number of hydroxylamine groups is 1. The van der Waals surface area contributed by atoms with Crippen LogP contribution in [0, 0.1) is 0 Å². The highest BCUT2D eigenvalue weighted by molar-refractivity contribution is 6.01. The lowest BCUT2D eigenvalue weighted by Crippen LogP contribution is -2.20. The summed E-state index contributed by atoms with van der Waals surface area (Å²) < 4.78 is 16.2. The van der Waals surface area contributed by atoms with Gasteiger partial charge < -0.3 is 19.1 Å². The first-order valence-electron chi connectivity index (χ1n) is 11.0. The summed E-state index contributed by atoms with van der Waals surface area (Å²) in [4.78, 5) is 10.2. The van der Waals surface area contributed by atoms with Gasteiger partial charge in [0.2, 0.25) is 0 Å². The van der Waals surface area contributed by atoms with Crippen molar-refractivity contribution in [2.75, 3.05) is 14.2 Å². The van der Waals surface area contributed by atoms with Crippen molar-refractivity contribution in [3.05, 3.63) is 89.9 Å². The van der Waals surface area contributed by atoms with E-state index in [0.717, 1.165) is 22.4 Å². The molecule has 1 N–H and O–H groups in total. The number of hydrazone groups is 1. The SMILES string of the molecule is COc1ccc(-c2cc(CON3N=C(c4cccnc4)CC3c3ccccc3O)no2)cc1OC. The van der Waals surface area contributed by atoms with Gasteiger partial charge >= 0.3 is 0 Å². The normalized spacial score (nSPS) is 15.2. The summed E-state index contributed by atoms with van der Waals surface area (Å²) in [6.45, 7) is 0.130. The highest BCUT2D eigenvalue weighted by Crippen LogP contribution is 2.37. The van der Waals surface area contributed by atoms with E-state index in [2.05, 4.69) is 15.2 Å². The maximum absolute atomic E-state index is 10.4. The van der Waals surface area contributed by atoms with Gasteiger partial charge in [-0.3, -0.25) is 4.98 Å². The topological polar surface area (TPSA) is 102 Å². The van der Waals surface area contributed by atoms with Gasteiger partial charge in [0.25, 0.3) is 0 Å². The predicted molar refractivity (Wildman–Crippen MR) is 128 cm³/mol. The Balaban J connectivity index is 1.36. The molecule has 35 heavy (non-hydrogen) atoms. The lowest BCUT2D eigenvalue weighted by atomic mass is 9.99. The third-order valence-corrected chi connectivity index (χ3v) is 5.73. The number of phenols is 1. The molecule has 9 heteroatoms. The van der Waals surface area contributed by atoms with E-state index in [1.165, 1.54) is 5.17 Å². The summed E-state index contributed by atoms with van der Waals surface area (Å²) in [7, 11) is 3.17. The molecular formula is C26H24N4O5. The molecule has 0 saturated carbocycles. The molecular weight excluding hydrogens is 448 g/mol. The summed E-state index contributed by atoms with van der Waals surface area (Å²) >= 11 is 0. The van der Waals surface area contributed by atoms with Crippen LogP contribution >= 0.6 is 0 Å². The van der Waals surface area contributed by atoms with Crippen molar-refractivity contribution in [3.63, 3.8) is 0 Å². The van der Waals surface area contributed by atoms with E-state index in [4.69, 9.17) is 18.8 Å². The minimum Gasteiger partial charge on any atom is -0.508 e. The Morgan fingerprint density at radius 2 is 1.86 bits per heavy atom. The van der Waals surface area contributed by atoms with Gasteiger partial charge in [0.1, 0.15) is 24.1 Å². The van der Waals surface area contributed by atoms with Crippen LogP contribution in [0.25, 0.3) is 11.3 Å². The lowest BCUT2D eigenvalue weighted by molar-refractivity contribution is -0.191. The molecule has 4 aromatic rings. The van der Waals surface area contributed by atoms with E-state index in [9.17, 15) is 5.11 Å². The number of aromatic nitrogens is 2. The Hall–Kier alpha value is -4.37. The van der Waals surface area contributed by atoms with Crippen LogP contribution in [-0.4, -0.2) is 40.4 Å². The van der Waals surface area contributed by atoms with Crippen LogP contribution in [-0.2, 0) is 11.4 Å². The molecule has 1 atom stereocenters. The number of hydrogen-bond acceptors (Lipinski definition) is 9. The number of para-hydroxylation sites is 1. The highest BCUT2D eigenvalue weighted by atomic mass is 16.7. The molecule has 0 radical (unpaired) electrons. The summed E-state index contributed by atoms with van der Waals surface area (Å²) in [6, 6.07) is 18.0. The second-order valence-corrected chi connectivity index (χ2v) is 7.90. The number of benzene rings is 2. The second kappa shape index (κ2) is 9.86. The van der Waals surface area contributed by atoms with Crippen molar-refractivity contribution >= 4 is 5.71 Å². The molecule has 1 aliphatic rings. The maximum atomic E-state index is 10.4. The first-order valence-corrected chi connectivity index (χ1v) is 11.0. The quantitative estimate of drug-likeness (QED) is 0.392. The Bertz CT molecular complexity index is 1340. The summed E-state index contributed by atoms with van der Waals surface area (Å²) in [5.41, 5.74) is 3.83. The summed E-state index contributed by atoms with van der Waals surface area (Å²) in [5, 5.41) is 20.8. The standard InChI is InChI=1S/C26H24N4O5/c1-32-24-10-9-17(12-26(24)33-2)25-13-19(29-35-25)16-34-30-22(20-7-3-4-8-23(20)31)14-21(28-30)18-6-5-11-27-15-18/h3-13,15,22,31H,14,16H2,1-2H3. The number of phenolic OH excluding ortho intramolecular Hbond substituents is 1. The monoisotopic (exact) mass is 472 g/mol. The molecule has 0 fully saturated rings. The first kappa shape index (κ1) is 22.4. The molecule has 0 aliphatic carbocycles.